The Balaban J connectivity index is 1.52. The van der Waals surface area contributed by atoms with Gasteiger partial charge in [-0.1, -0.05) is 30.3 Å². The maximum Gasteiger partial charge on any atom is 0.269 e. The van der Waals surface area contributed by atoms with E-state index in [1.165, 1.54) is 6.07 Å². The molecule has 0 fully saturated rings. The Morgan fingerprint density at radius 2 is 1.78 bits per heavy atom. The van der Waals surface area contributed by atoms with Crippen LogP contribution >= 0.6 is 11.3 Å². The number of para-hydroxylation sites is 1. The molecule has 0 bridgehead atoms. The van der Waals surface area contributed by atoms with E-state index in [0.717, 1.165) is 26.6 Å². The van der Waals surface area contributed by atoms with Crippen LogP contribution in [0.5, 0.6) is 5.75 Å². The van der Waals surface area contributed by atoms with Crippen molar-refractivity contribution < 1.29 is 13.9 Å². The molecule has 0 aliphatic carbocycles. The monoisotopic (exact) mass is 511 g/mol. The van der Waals surface area contributed by atoms with E-state index in [9.17, 15) is 9.18 Å². The van der Waals surface area contributed by atoms with E-state index in [0.29, 0.717) is 34.3 Å². The van der Waals surface area contributed by atoms with Crippen LogP contribution in [0.15, 0.2) is 72.8 Å². The zero-order valence-corrected chi connectivity index (χ0v) is 21.6. The van der Waals surface area contributed by atoms with Gasteiger partial charge in [-0.05, 0) is 74.4 Å². The number of fused-ring (bicyclic) bond motifs is 1. The second-order valence-electron chi connectivity index (χ2n) is 9.13. The number of nitrogens with two attached hydrogens (primary N) is 1. The first kappa shape index (κ1) is 24.6. The second kappa shape index (κ2) is 10.1. The van der Waals surface area contributed by atoms with Gasteiger partial charge in [0.25, 0.3) is 5.91 Å². The van der Waals surface area contributed by atoms with E-state index in [1.54, 1.807) is 47.7 Å². The highest BCUT2D eigenvalue weighted by Crippen LogP contribution is 2.34. The lowest BCUT2D eigenvalue weighted by Gasteiger charge is -2.13. The fraction of sp³-hybridized carbons (Fsp3) is 0.167. The molecule has 7 heteroatoms. The summed E-state index contributed by atoms with van der Waals surface area (Å²) in [5.74, 6) is -0.118. The zero-order valence-electron chi connectivity index (χ0n) is 20.8. The van der Waals surface area contributed by atoms with Gasteiger partial charge in [0.1, 0.15) is 11.6 Å². The number of amides is 1. The summed E-state index contributed by atoms with van der Waals surface area (Å²) in [5.41, 5.74) is 10.5. The van der Waals surface area contributed by atoms with E-state index < -0.39 is 5.91 Å². The predicted octanol–water partition coefficient (Wildman–Crippen LogP) is 6.95. The normalized spacial score (nSPS) is 11.3. The molecule has 0 spiro atoms. The van der Waals surface area contributed by atoms with Crippen molar-refractivity contribution in [2.45, 2.75) is 33.3 Å². The Morgan fingerprint density at radius 3 is 2.51 bits per heavy atom. The highest BCUT2D eigenvalue weighted by molar-refractivity contribution is 7.15. The highest BCUT2D eigenvalue weighted by Gasteiger charge is 2.18. The largest absolute Gasteiger partial charge is 0.491 e. The molecule has 0 radical (unpaired) electrons. The molecule has 0 aliphatic rings. The Morgan fingerprint density at radius 1 is 1.00 bits per heavy atom. The predicted molar refractivity (Wildman–Crippen MR) is 147 cm³/mol. The van der Waals surface area contributed by atoms with Crippen LogP contribution in [0, 0.1) is 12.7 Å². The molecule has 2 heterocycles. The molecule has 5 nitrogen and oxygen atoms in total. The summed E-state index contributed by atoms with van der Waals surface area (Å²) in [6, 6.07) is 22.1. The van der Waals surface area contributed by atoms with Crippen LogP contribution in [0.25, 0.3) is 32.6 Å². The van der Waals surface area contributed by atoms with Gasteiger partial charge in [0.15, 0.2) is 5.69 Å². The number of ether oxygens (including phenoxy) is 1. The molecule has 1 amide bonds. The molecular weight excluding hydrogens is 485 g/mol. The quantitative estimate of drug-likeness (QED) is 0.256. The van der Waals surface area contributed by atoms with E-state index in [2.05, 4.69) is 17.1 Å². The van der Waals surface area contributed by atoms with Crippen molar-refractivity contribution in [1.29, 1.82) is 0 Å². The summed E-state index contributed by atoms with van der Waals surface area (Å²) in [7, 11) is 0. The number of hydrogen-bond donors (Lipinski definition) is 1. The van der Waals surface area contributed by atoms with Crippen LogP contribution in [0.2, 0.25) is 0 Å². The minimum Gasteiger partial charge on any atom is -0.491 e. The van der Waals surface area contributed by atoms with Gasteiger partial charge in [-0.25, -0.2) is 14.4 Å². The third-order valence-electron chi connectivity index (χ3n) is 5.99. The van der Waals surface area contributed by atoms with Crippen molar-refractivity contribution in [3.05, 3.63) is 100 Å². The average Bonchev–Trinajstić information content (AvgIpc) is 3.33. The van der Waals surface area contributed by atoms with Crippen molar-refractivity contribution in [3.8, 4) is 27.3 Å². The lowest BCUT2D eigenvalue weighted by atomic mass is 10.0. The molecule has 186 valence electrons. The van der Waals surface area contributed by atoms with Crippen LogP contribution in [-0.4, -0.2) is 22.0 Å². The van der Waals surface area contributed by atoms with Gasteiger partial charge >= 0.3 is 0 Å². The van der Waals surface area contributed by atoms with Gasteiger partial charge in [-0.15, -0.1) is 11.3 Å². The number of halogens is 1. The molecule has 37 heavy (non-hydrogen) atoms. The first-order valence-corrected chi connectivity index (χ1v) is 12.8. The first-order valence-electron chi connectivity index (χ1n) is 12.0. The average molecular weight is 512 g/mol. The summed E-state index contributed by atoms with van der Waals surface area (Å²) in [6.45, 7) is 6.05. The molecule has 5 aromatic rings. The summed E-state index contributed by atoms with van der Waals surface area (Å²) in [6.07, 6.45) is 0.490. The van der Waals surface area contributed by atoms with Gasteiger partial charge in [0, 0.05) is 27.3 Å². The Hall–Kier alpha value is -4.10. The zero-order chi connectivity index (χ0) is 26.1. The molecule has 0 saturated heterocycles. The molecule has 0 unspecified atom stereocenters. The Kier molecular flexibility index (Phi) is 6.72. The van der Waals surface area contributed by atoms with E-state index in [4.69, 9.17) is 15.5 Å². The van der Waals surface area contributed by atoms with Gasteiger partial charge in [0.05, 0.1) is 22.8 Å². The number of aromatic nitrogens is 2. The number of carbonyl (C=O) groups excluding carboxylic acids is 1. The SMILES string of the molecule is Cc1cc(-c2ccc(Cc3nc4c(-c5ccccc5F)cccc4nc3C(N)=O)s2)ccc1OC(C)C. The van der Waals surface area contributed by atoms with Crippen molar-refractivity contribution in [2.75, 3.05) is 0 Å². The van der Waals surface area contributed by atoms with Crippen molar-refractivity contribution >= 4 is 28.3 Å². The van der Waals surface area contributed by atoms with Gasteiger partial charge < -0.3 is 10.5 Å². The maximum absolute atomic E-state index is 14.6. The van der Waals surface area contributed by atoms with Crippen LogP contribution in [0.1, 0.15) is 40.5 Å². The standard InChI is InChI=1S/C30H26FN3O2S/c1-17(2)36-26-13-11-19(15-18(26)3)27-14-12-20(37-27)16-25-29(30(32)35)33-24-10-6-8-22(28(24)34-25)21-7-4-5-9-23(21)31/h4-15,17H,16H2,1-3H3,(H2,32,35). The number of carbonyl (C=O) groups is 1. The van der Waals surface area contributed by atoms with E-state index in [1.807, 2.05) is 39.0 Å². The van der Waals surface area contributed by atoms with Gasteiger partial charge in [-0.3, -0.25) is 4.79 Å². The fourth-order valence-electron chi connectivity index (χ4n) is 4.31. The van der Waals surface area contributed by atoms with Crippen molar-refractivity contribution in [2.24, 2.45) is 5.73 Å². The summed E-state index contributed by atoms with van der Waals surface area (Å²) < 4.78 is 20.5. The van der Waals surface area contributed by atoms with E-state index >= 15 is 0 Å². The Labute approximate surface area is 218 Å². The third kappa shape index (κ3) is 5.08. The molecule has 0 saturated carbocycles. The number of benzene rings is 3. The summed E-state index contributed by atoms with van der Waals surface area (Å²) >= 11 is 1.62. The maximum atomic E-state index is 14.6. The van der Waals surface area contributed by atoms with Crippen molar-refractivity contribution in [3.63, 3.8) is 0 Å². The van der Waals surface area contributed by atoms with Crippen LogP contribution < -0.4 is 10.5 Å². The number of aryl methyl sites for hydroxylation is 1. The van der Waals surface area contributed by atoms with Gasteiger partial charge in [0.2, 0.25) is 0 Å². The summed E-state index contributed by atoms with van der Waals surface area (Å²) in [5, 5.41) is 0. The number of hydrogen-bond acceptors (Lipinski definition) is 5. The van der Waals surface area contributed by atoms with Crippen LogP contribution in [-0.2, 0) is 6.42 Å². The topological polar surface area (TPSA) is 78.1 Å². The molecule has 0 aliphatic heterocycles. The van der Waals surface area contributed by atoms with Crippen LogP contribution in [0.4, 0.5) is 4.39 Å². The molecule has 3 aromatic carbocycles. The number of rotatable bonds is 7. The fourth-order valence-corrected chi connectivity index (χ4v) is 5.32. The van der Waals surface area contributed by atoms with E-state index in [-0.39, 0.29) is 17.6 Å². The number of nitrogens with zero attached hydrogens (tertiary/aromatic N) is 2. The van der Waals surface area contributed by atoms with Crippen molar-refractivity contribution in [1.82, 2.24) is 9.97 Å². The number of primary amides is 1. The van der Waals surface area contributed by atoms with Crippen LogP contribution in [0.3, 0.4) is 0 Å². The number of thiophene rings is 1. The minimum atomic E-state index is -0.645. The third-order valence-corrected chi connectivity index (χ3v) is 7.12. The molecular formula is C30H26FN3O2S. The second-order valence-corrected chi connectivity index (χ2v) is 10.3. The molecule has 2 N–H and O–H groups in total. The van der Waals surface area contributed by atoms with Gasteiger partial charge in [-0.2, -0.15) is 0 Å². The molecule has 2 aromatic heterocycles. The Bertz CT molecular complexity index is 1630. The lowest BCUT2D eigenvalue weighted by molar-refractivity contribution is 0.0994. The first-order chi connectivity index (χ1) is 17.8. The smallest absolute Gasteiger partial charge is 0.269 e. The highest BCUT2D eigenvalue weighted by atomic mass is 32.1. The molecule has 0 atom stereocenters. The summed E-state index contributed by atoms with van der Waals surface area (Å²) in [4.78, 5) is 23.7. The lowest BCUT2D eigenvalue weighted by Crippen LogP contribution is -2.17. The molecule has 5 rings (SSSR count). The minimum absolute atomic E-state index is 0.110.